The van der Waals surface area contributed by atoms with Crippen molar-refractivity contribution in [3.05, 3.63) is 58.9 Å². The molecule has 8 nitrogen and oxygen atoms in total. The molecule has 1 amide bonds. The van der Waals surface area contributed by atoms with Crippen molar-refractivity contribution in [3.8, 4) is 11.5 Å². The van der Waals surface area contributed by atoms with E-state index < -0.39 is 10.0 Å². The van der Waals surface area contributed by atoms with Gasteiger partial charge in [0.25, 0.3) is 0 Å². The SMILES string of the molecule is Cc1ccc(-c2nnc(CCC(=O)Nc3ccc(Cl)c(S(=O)(=O)N4CCCCC4)c3)o2)cc1. The summed E-state index contributed by atoms with van der Waals surface area (Å²) in [5.41, 5.74) is 2.31. The molecule has 10 heteroatoms. The maximum Gasteiger partial charge on any atom is 0.247 e. The molecular weight excluding hydrogens is 464 g/mol. The van der Waals surface area contributed by atoms with Crippen LogP contribution in [0.5, 0.6) is 0 Å². The Morgan fingerprint density at radius 2 is 1.82 bits per heavy atom. The molecule has 0 unspecified atom stereocenters. The summed E-state index contributed by atoms with van der Waals surface area (Å²) in [6.45, 7) is 2.95. The number of sulfonamides is 1. The van der Waals surface area contributed by atoms with E-state index in [-0.39, 0.29) is 28.7 Å². The van der Waals surface area contributed by atoms with Gasteiger partial charge in [-0.1, -0.05) is 35.7 Å². The molecular formula is C23H25ClN4O4S. The Morgan fingerprint density at radius 3 is 2.55 bits per heavy atom. The second-order valence-corrected chi connectivity index (χ2v) is 10.3. The van der Waals surface area contributed by atoms with Crippen LogP contribution >= 0.6 is 11.6 Å². The summed E-state index contributed by atoms with van der Waals surface area (Å²) >= 11 is 6.19. The van der Waals surface area contributed by atoms with E-state index in [2.05, 4.69) is 15.5 Å². The lowest BCUT2D eigenvalue weighted by molar-refractivity contribution is -0.116. The second kappa shape index (κ2) is 10.0. The van der Waals surface area contributed by atoms with Gasteiger partial charge in [0.2, 0.25) is 27.7 Å². The fraction of sp³-hybridized carbons (Fsp3) is 0.348. The summed E-state index contributed by atoms with van der Waals surface area (Å²) in [4.78, 5) is 12.5. The Balaban J connectivity index is 1.39. The molecule has 1 fully saturated rings. The Kier molecular flexibility index (Phi) is 7.11. The van der Waals surface area contributed by atoms with Crippen LogP contribution < -0.4 is 5.32 Å². The summed E-state index contributed by atoms with van der Waals surface area (Å²) in [6.07, 6.45) is 3.04. The summed E-state index contributed by atoms with van der Waals surface area (Å²) in [5, 5.41) is 10.9. The first-order chi connectivity index (χ1) is 15.8. The number of nitrogens with zero attached hydrogens (tertiary/aromatic N) is 3. The van der Waals surface area contributed by atoms with Gasteiger partial charge in [-0.05, 0) is 50.1 Å². The zero-order valence-corrected chi connectivity index (χ0v) is 19.8. The highest BCUT2D eigenvalue weighted by Gasteiger charge is 2.28. The molecule has 1 N–H and O–H groups in total. The third-order valence-electron chi connectivity index (χ3n) is 5.48. The molecule has 3 aromatic rings. The molecule has 1 aromatic heterocycles. The highest BCUT2D eigenvalue weighted by Crippen LogP contribution is 2.29. The first-order valence-electron chi connectivity index (χ1n) is 10.8. The largest absolute Gasteiger partial charge is 0.421 e. The van der Waals surface area contributed by atoms with E-state index in [0.717, 1.165) is 30.4 Å². The second-order valence-electron chi connectivity index (χ2n) is 8.03. The zero-order chi connectivity index (χ0) is 23.4. The van der Waals surface area contributed by atoms with E-state index in [4.69, 9.17) is 16.0 Å². The van der Waals surface area contributed by atoms with Crippen molar-refractivity contribution in [1.82, 2.24) is 14.5 Å². The topological polar surface area (TPSA) is 105 Å². The summed E-state index contributed by atoms with van der Waals surface area (Å²) in [5.74, 6) is 0.453. The highest BCUT2D eigenvalue weighted by molar-refractivity contribution is 7.89. The van der Waals surface area contributed by atoms with E-state index >= 15 is 0 Å². The van der Waals surface area contributed by atoms with Gasteiger partial charge in [-0.2, -0.15) is 4.31 Å². The smallest absolute Gasteiger partial charge is 0.247 e. The maximum absolute atomic E-state index is 13.0. The van der Waals surface area contributed by atoms with E-state index in [1.165, 1.54) is 16.4 Å². The van der Waals surface area contributed by atoms with Crippen molar-refractivity contribution in [2.45, 2.75) is 43.9 Å². The van der Waals surface area contributed by atoms with E-state index in [1.807, 2.05) is 31.2 Å². The van der Waals surface area contributed by atoms with Crippen LogP contribution in [-0.2, 0) is 21.2 Å². The normalized spacial score (nSPS) is 14.8. The molecule has 1 saturated heterocycles. The lowest BCUT2D eigenvalue weighted by atomic mass is 10.1. The van der Waals surface area contributed by atoms with Crippen LogP contribution in [0.25, 0.3) is 11.5 Å². The van der Waals surface area contributed by atoms with Crippen molar-refractivity contribution in [2.24, 2.45) is 0 Å². The Morgan fingerprint density at radius 1 is 1.09 bits per heavy atom. The van der Waals surface area contributed by atoms with Crippen molar-refractivity contribution in [3.63, 3.8) is 0 Å². The number of benzene rings is 2. The van der Waals surface area contributed by atoms with E-state index in [0.29, 0.717) is 30.6 Å². The number of carbonyl (C=O) groups is 1. The molecule has 174 valence electrons. The van der Waals surface area contributed by atoms with Crippen LogP contribution in [0.4, 0.5) is 5.69 Å². The molecule has 2 aromatic carbocycles. The molecule has 0 bridgehead atoms. The van der Waals surface area contributed by atoms with Gasteiger partial charge in [0.1, 0.15) is 4.90 Å². The third kappa shape index (κ3) is 5.61. The van der Waals surface area contributed by atoms with Crippen LogP contribution in [0.3, 0.4) is 0 Å². The average Bonchev–Trinajstić information content (AvgIpc) is 3.29. The number of aromatic nitrogens is 2. The lowest BCUT2D eigenvalue weighted by Gasteiger charge is -2.26. The number of hydrogen-bond donors (Lipinski definition) is 1. The van der Waals surface area contributed by atoms with Crippen LogP contribution in [0.1, 0.15) is 37.1 Å². The van der Waals surface area contributed by atoms with E-state index in [1.54, 1.807) is 6.07 Å². The van der Waals surface area contributed by atoms with E-state index in [9.17, 15) is 13.2 Å². The van der Waals surface area contributed by atoms with Crippen molar-refractivity contribution >= 4 is 33.2 Å². The molecule has 1 aliphatic heterocycles. The fourth-order valence-corrected chi connectivity index (χ4v) is 5.65. The van der Waals surface area contributed by atoms with Gasteiger partial charge in [0.05, 0.1) is 5.02 Å². The molecule has 0 atom stereocenters. The molecule has 1 aliphatic rings. The Hall–Kier alpha value is -2.75. The van der Waals surface area contributed by atoms with Gasteiger partial charge < -0.3 is 9.73 Å². The standard InChI is InChI=1S/C23H25ClN4O4S/c1-16-5-7-17(8-6-16)23-27-26-22(32-23)12-11-21(29)25-18-9-10-19(24)20(15-18)33(30,31)28-13-3-2-4-14-28/h5-10,15H,2-4,11-14H2,1H3,(H,25,29). The number of nitrogens with one attached hydrogen (secondary N) is 1. The molecule has 33 heavy (non-hydrogen) atoms. The van der Waals surface area contributed by atoms with Gasteiger partial charge in [-0.3, -0.25) is 4.79 Å². The lowest BCUT2D eigenvalue weighted by Crippen LogP contribution is -2.35. The molecule has 4 rings (SSSR count). The van der Waals surface area contributed by atoms with Gasteiger partial charge in [-0.15, -0.1) is 10.2 Å². The van der Waals surface area contributed by atoms with Crippen LogP contribution in [0, 0.1) is 6.92 Å². The Labute approximate surface area is 198 Å². The van der Waals surface area contributed by atoms with Gasteiger partial charge in [-0.25, -0.2) is 8.42 Å². The molecule has 2 heterocycles. The quantitative estimate of drug-likeness (QED) is 0.527. The van der Waals surface area contributed by atoms with Crippen LogP contribution in [0.15, 0.2) is 51.8 Å². The summed E-state index contributed by atoms with van der Waals surface area (Å²) in [7, 11) is -3.72. The monoisotopic (exact) mass is 488 g/mol. The Bertz CT molecular complexity index is 1240. The van der Waals surface area contributed by atoms with Crippen molar-refractivity contribution in [2.75, 3.05) is 18.4 Å². The molecule has 0 spiro atoms. The first kappa shape index (κ1) is 23.4. The van der Waals surface area contributed by atoms with Crippen LogP contribution in [0.2, 0.25) is 5.02 Å². The van der Waals surface area contributed by atoms with Gasteiger partial charge in [0, 0.05) is 37.2 Å². The van der Waals surface area contributed by atoms with Crippen molar-refractivity contribution in [1.29, 1.82) is 0 Å². The fourth-order valence-electron chi connectivity index (χ4n) is 3.63. The zero-order valence-electron chi connectivity index (χ0n) is 18.3. The predicted molar refractivity (Wildman–Crippen MR) is 125 cm³/mol. The third-order valence-corrected chi connectivity index (χ3v) is 7.86. The van der Waals surface area contributed by atoms with Gasteiger partial charge in [0.15, 0.2) is 0 Å². The molecule has 0 radical (unpaired) electrons. The maximum atomic E-state index is 13.0. The van der Waals surface area contributed by atoms with Gasteiger partial charge >= 0.3 is 0 Å². The number of carbonyl (C=O) groups excluding carboxylic acids is 1. The number of rotatable bonds is 7. The average molecular weight is 489 g/mol. The minimum Gasteiger partial charge on any atom is -0.421 e. The van der Waals surface area contributed by atoms with Crippen LogP contribution in [-0.4, -0.2) is 41.9 Å². The minimum atomic E-state index is -3.72. The minimum absolute atomic E-state index is 0.00325. The number of aryl methyl sites for hydroxylation is 2. The molecule has 0 aliphatic carbocycles. The number of anilines is 1. The predicted octanol–water partition coefficient (Wildman–Crippen LogP) is 4.44. The molecule has 0 saturated carbocycles. The number of halogens is 1. The number of piperidine rings is 1. The first-order valence-corrected chi connectivity index (χ1v) is 12.6. The van der Waals surface area contributed by atoms with Crippen molar-refractivity contribution < 1.29 is 17.6 Å². The highest BCUT2D eigenvalue weighted by atomic mass is 35.5. The number of hydrogen-bond acceptors (Lipinski definition) is 6. The summed E-state index contributed by atoms with van der Waals surface area (Å²) in [6, 6.07) is 12.2. The number of amides is 1. The summed E-state index contributed by atoms with van der Waals surface area (Å²) < 4.78 is 33.1.